The van der Waals surface area contributed by atoms with Crippen LogP contribution in [0.5, 0.6) is 0 Å². The van der Waals surface area contributed by atoms with Crippen molar-refractivity contribution in [2.75, 3.05) is 5.33 Å². The molecule has 0 N–H and O–H groups in total. The van der Waals surface area contributed by atoms with Gasteiger partial charge in [0.15, 0.2) is 0 Å². The molecule has 1 atom stereocenters. The summed E-state index contributed by atoms with van der Waals surface area (Å²) < 4.78 is 13.3. The summed E-state index contributed by atoms with van der Waals surface area (Å²) in [7, 11) is 0. The summed E-state index contributed by atoms with van der Waals surface area (Å²) in [5.41, 5.74) is 6.54. The van der Waals surface area contributed by atoms with Crippen LogP contribution in [0.15, 0.2) is 36.4 Å². The molecule has 2 aromatic rings. The molecule has 0 aliphatic heterocycles. The number of halogens is 2. The predicted octanol–water partition coefficient (Wildman–Crippen LogP) is 5.55. The normalized spacial score (nSPS) is 12.4. The molecule has 0 aliphatic carbocycles. The molecule has 0 spiro atoms. The van der Waals surface area contributed by atoms with E-state index in [9.17, 15) is 4.39 Å². The van der Waals surface area contributed by atoms with Gasteiger partial charge in [0.05, 0.1) is 0 Å². The van der Waals surface area contributed by atoms with Crippen molar-refractivity contribution >= 4 is 15.9 Å². The number of hydrogen-bond donors (Lipinski definition) is 0. The van der Waals surface area contributed by atoms with Gasteiger partial charge in [0.25, 0.3) is 0 Å². The highest BCUT2D eigenvalue weighted by Crippen LogP contribution is 2.23. The van der Waals surface area contributed by atoms with Crippen molar-refractivity contribution in [3.63, 3.8) is 0 Å². The molecular weight excluding hydrogens is 327 g/mol. The average molecular weight is 349 g/mol. The van der Waals surface area contributed by atoms with Gasteiger partial charge in [0.1, 0.15) is 5.82 Å². The van der Waals surface area contributed by atoms with Crippen molar-refractivity contribution in [3.8, 4) is 0 Å². The number of aryl methyl sites for hydroxylation is 3. The van der Waals surface area contributed by atoms with Gasteiger partial charge >= 0.3 is 0 Å². The lowest BCUT2D eigenvalue weighted by atomic mass is 9.89. The van der Waals surface area contributed by atoms with Crippen LogP contribution in [-0.2, 0) is 12.8 Å². The van der Waals surface area contributed by atoms with Gasteiger partial charge in [0.2, 0.25) is 0 Å². The molecule has 0 heterocycles. The van der Waals surface area contributed by atoms with Crippen molar-refractivity contribution in [1.29, 1.82) is 0 Å². The van der Waals surface area contributed by atoms with Gasteiger partial charge in [-0.25, -0.2) is 4.39 Å². The average Bonchev–Trinajstić information content (AvgIpc) is 2.41. The lowest BCUT2D eigenvalue weighted by Crippen LogP contribution is -2.12. The fraction of sp³-hybridized carbons (Fsp3) is 0.368. The highest BCUT2D eigenvalue weighted by Gasteiger charge is 2.13. The topological polar surface area (TPSA) is 0 Å². The maximum atomic E-state index is 13.3. The third-order valence-electron chi connectivity index (χ3n) is 3.96. The summed E-state index contributed by atoms with van der Waals surface area (Å²) in [6.45, 7) is 6.50. The third kappa shape index (κ3) is 4.41. The van der Waals surface area contributed by atoms with E-state index >= 15 is 0 Å². The fourth-order valence-electron chi connectivity index (χ4n) is 3.00. The Hall–Kier alpha value is -1.15. The summed E-state index contributed by atoms with van der Waals surface area (Å²) in [6, 6.07) is 11.4. The second-order valence-corrected chi connectivity index (χ2v) is 6.58. The minimum Gasteiger partial charge on any atom is -0.207 e. The quantitative estimate of drug-likeness (QED) is 0.621. The van der Waals surface area contributed by atoms with E-state index < -0.39 is 0 Å². The summed E-state index contributed by atoms with van der Waals surface area (Å²) in [5.74, 6) is 0.329. The van der Waals surface area contributed by atoms with E-state index in [1.165, 1.54) is 28.3 Å². The van der Waals surface area contributed by atoms with Crippen LogP contribution in [0.25, 0.3) is 0 Å². The van der Waals surface area contributed by atoms with E-state index in [0.717, 1.165) is 23.7 Å². The number of hydrogen-bond acceptors (Lipinski definition) is 0. The van der Waals surface area contributed by atoms with E-state index in [0.29, 0.717) is 5.92 Å². The smallest absolute Gasteiger partial charge is 0.123 e. The Morgan fingerprint density at radius 1 is 1.00 bits per heavy atom. The molecule has 1 unspecified atom stereocenters. The van der Waals surface area contributed by atoms with Gasteiger partial charge in [-0.05, 0) is 73.9 Å². The van der Waals surface area contributed by atoms with Crippen LogP contribution in [0.4, 0.5) is 4.39 Å². The minimum atomic E-state index is -0.150. The van der Waals surface area contributed by atoms with Gasteiger partial charge in [-0.3, -0.25) is 0 Å². The first-order chi connectivity index (χ1) is 9.99. The molecule has 0 saturated heterocycles. The van der Waals surface area contributed by atoms with Crippen molar-refractivity contribution in [2.45, 2.75) is 33.6 Å². The highest BCUT2D eigenvalue weighted by atomic mass is 79.9. The SMILES string of the molecule is Cc1cc(C)c(CC(CBr)Cc2cccc(F)c2)c(C)c1. The van der Waals surface area contributed by atoms with Crippen LogP contribution in [0.1, 0.15) is 27.8 Å². The van der Waals surface area contributed by atoms with Crippen molar-refractivity contribution in [2.24, 2.45) is 5.92 Å². The molecule has 0 radical (unpaired) electrons. The Morgan fingerprint density at radius 2 is 1.67 bits per heavy atom. The first kappa shape index (κ1) is 16.2. The monoisotopic (exact) mass is 348 g/mol. The first-order valence-electron chi connectivity index (χ1n) is 7.36. The van der Waals surface area contributed by atoms with Crippen molar-refractivity contribution in [1.82, 2.24) is 0 Å². The van der Waals surface area contributed by atoms with E-state index in [1.54, 1.807) is 12.1 Å². The van der Waals surface area contributed by atoms with E-state index in [2.05, 4.69) is 48.8 Å². The van der Waals surface area contributed by atoms with Crippen LogP contribution in [0.3, 0.4) is 0 Å². The van der Waals surface area contributed by atoms with E-state index in [4.69, 9.17) is 0 Å². The third-order valence-corrected chi connectivity index (χ3v) is 4.88. The molecule has 2 heteroatoms. The number of alkyl halides is 1. The van der Waals surface area contributed by atoms with Gasteiger partial charge in [-0.1, -0.05) is 45.8 Å². The lowest BCUT2D eigenvalue weighted by molar-refractivity contribution is 0.579. The van der Waals surface area contributed by atoms with Gasteiger partial charge in [0, 0.05) is 5.33 Å². The minimum absolute atomic E-state index is 0.150. The summed E-state index contributed by atoms with van der Waals surface area (Å²) in [4.78, 5) is 0. The molecule has 2 rings (SSSR count). The standard InChI is InChI=1S/C19H22BrF/c1-13-7-14(2)19(15(3)8-13)11-17(12-20)9-16-5-4-6-18(21)10-16/h4-8,10,17H,9,11-12H2,1-3H3. The molecule has 0 amide bonds. The first-order valence-corrected chi connectivity index (χ1v) is 8.49. The Morgan fingerprint density at radius 3 is 2.24 bits per heavy atom. The molecule has 2 aromatic carbocycles. The molecule has 0 aromatic heterocycles. The maximum absolute atomic E-state index is 13.3. The summed E-state index contributed by atoms with van der Waals surface area (Å²) in [6.07, 6.45) is 1.93. The van der Waals surface area contributed by atoms with Gasteiger partial charge < -0.3 is 0 Å². The van der Waals surface area contributed by atoms with Crippen LogP contribution in [-0.4, -0.2) is 5.33 Å². The largest absolute Gasteiger partial charge is 0.207 e. The molecule has 21 heavy (non-hydrogen) atoms. The zero-order valence-corrected chi connectivity index (χ0v) is 14.5. The number of rotatable bonds is 5. The lowest BCUT2D eigenvalue weighted by Gasteiger charge is -2.18. The Balaban J connectivity index is 2.16. The van der Waals surface area contributed by atoms with Gasteiger partial charge in [-0.15, -0.1) is 0 Å². The molecule has 0 aliphatic rings. The Kier molecular flexibility index (Phi) is 5.58. The molecule has 0 fully saturated rings. The zero-order chi connectivity index (χ0) is 15.4. The zero-order valence-electron chi connectivity index (χ0n) is 12.9. The molecule has 0 bridgehead atoms. The second-order valence-electron chi connectivity index (χ2n) is 5.94. The second kappa shape index (κ2) is 7.22. The summed E-state index contributed by atoms with van der Waals surface area (Å²) in [5, 5.41) is 0.927. The van der Waals surface area contributed by atoms with Gasteiger partial charge in [-0.2, -0.15) is 0 Å². The van der Waals surface area contributed by atoms with Crippen molar-refractivity contribution < 1.29 is 4.39 Å². The molecular formula is C19H22BrF. The predicted molar refractivity (Wildman–Crippen MR) is 91.7 cm³/mol. The molecule has 0 saturated carbocycles. The van der Waals surface area contributed by atoms with Crippen LogP contribution >= 0.6 is 15.9 Å². The number of benzene rings is 2. The van der Waals surface area contributed by atoms with Crippen LogP contribution in [0, 0.1) is 32.5 Å². The van der Waals surface area contributed by atoms with E-state index in [1.807, 2.05) is 6.07 Å². The van der Waals surface area contributed by atoms with Crippen LogP contribution < -0.4 is 0 Å². The van der Waals surface area contributed by atoms with Crippen molar-refractivity contribution in [3.05, 3.63) is 70.0 Å². The Labute approximate surface area is 135 Å². The fourth-order valence-corrected chi connectivity index (χ4v) is 3.46. The summed E-state index contributed by atoms with van der Waals surface area (Å²) >= 11 is 3.62. The van der Waals surface area contributed by atoms with E-state index in [-0.39, 0.29) is 5.82 Å². The molecule has 0 nitrogen and oxygen atoms in total. The van der Waals surface area contributed by atoms with Crippen LogP contribution in [0.2, 0.25) is 0 Å². The molecule has 112 valence electrons. The highest BCUT2D eigenvalue weighted by molar-refractivity contribution is 9.09. The maximum Gasteiger partial charge on any atom is 0.123 e. The Bertz CT molecular complexity index is 596.